The largest absolute Gasteiger partial charge is 0.436 e. The lowest BCUT2D eigenvalue weighted by Crippen LogP contribution is -1.98. The summed E-state index contributed by atoms with van der Waals surface area (Å²) in [5.74, 6) is 1.20. The molecule has 2 aromatic rings. The third-order valence-electron chi connectivity index (χ3n) is 2.12. The van der Waals surface area contributed by atoms with E-state index in [1.807, 2.05) is 0 Å². The Labute approximate surface area is 136 Å². The van der Waals surface area contributed by atoms with Crippen molar-refractivity contribution < 1.29 is 4.74 Å². The van der Waals surface area contributed by atoms with Gasteiger partial charge in [-0.2, -0.15) is 4.98 Å². The van der Waals surface area contributed by atoms with Gasteiger partial charge in [0.05, 0.1) is 20.7 Å². The summed E-state index contributed by atoms with van der Waals surface area (Å²) in [7, 11) is 1.72. The molecule has 19 heavy (non-hydrogen) atoms. The second-order valence-corrected chi connectivity index (χ2v) is 5.92. The lowest BCUT2D eigenvalue weighted by molar-refractivity contribution is 0.459. The van der Waals surface area contributed by atoms with Gasteiger partial charge in [0.15, 0.2) is 0 Å². The molecule has 100 valence electrons. The quantitative estimate of drug-likeness (QED) is 0.689. The highest BCUT2D eigenvalue weighted by molar-refractivity contribution is 9.10. The van der Waals surface area contributed by atoms with E-state index in [2.05, 4.69) is 47.1 Å². The van der Waals surface area contributed by atoms with Crippen LogP contribution in [0.1, 0.15) is 0 Å². The number of ether oxygens (including phenoxy) is 1. The molecule has 1 N–H and O–H groups in total. The van der Waals surface area contributed by atoms with E-state index in [1.54, 1.807) is 25.4 Å². The van der Waals surface area contributed by atoms with Crippen molar-refractivity contribution in [3.05, 3.63) is 37.3 Å². The predicted molar refractivity (Wildman–Crippen MR) is 83.5 cm³/mol. The van der Waals surface area contributed by atoms with Crippen LogP contribution in [0.25, 0.3) is 0 Å². The SMILES string of the molecule is CNc1ncc(Br)c(Oc2cc(Cl)c(Br)cc2Cl)n1. The molecule has 2 rings (SSSR count). The van der Waals surface area contributed by atoms with Gasteiger partial charge >= 0.3 is 0 Å². The fraction of sp³-hybridized carbons (Fsp3) is 0.0909. The number of nitrogens with one attached hydrogen (secondary N) is 1. The molecular weight excluding hydrogens is 421 g/mol. The molecule has 8 heteroatoms. The highest BCUT2D eigenvalue weighted by Gasteiger charge is 2.12. The van der Waals surface area contributed by atoms with Gasteiger partial charge in [0, 0.05) is 17.6 Å². The number of halogens is 4. The van der Waals surface area contributed by atoms with Crippen molar-refractivity contribution in [3.63, 3.8) is 0 Å². The van der Waals surface area contributed by atoms with Crippen LogP contribution in [0.5, 0.6) is 11.6 Å². The molecule has 0 amide bonds. The van der Waals surface area contributed by atoms with Crippen LogP contribution < -0.4 is 10.1 Å². The van der Waals surface area contributed by atoms with E-state index in [1.165, 1.54) is 0 Å². The van der Waals surface area contributed by atoms with E-state index in [-0.39, 0.29) is 0 Å². The average Bonchev–Trinajstić information content (AvgIpc) is 2.38. The number of hydrogen-bond acceptors (Lipinski definition) is 4. The van der Waals surface area contributed by atoms with Crippen molar-refractivity contribution in [1.82, 2.24) is 9.97 Å². The molecule has 0 bridgehead atoms. The molecule has 1 aromatic heterocycles. The maximum atomic E-state index is 6.09. The van der Waals surface area contributed by atoms with Gasteiger partial charge in [-0.15, -0.1) is 0 Å². The predicted octanol–water partition coefficient (Wildman–Crippen LogP) is 5.14. The highest BCUT2D eigenvalue weighted by atomic mass is 79.9. The topological polar surface area (TPSA) is 47.0 Å². The highest BCUT2D eigenvalue weighted by Crippen LogP contribution is 2.37. The van der Waals surface area contributed by atoms with Gasteiger partial charge < -0.3 is 10.1 Å². The van der Waals surface area contributed by atoms with Crippen LogP contribution in [0.4, 0.5) is 5.95 Å². The van der Waals surface area contributed by atoms with Gasteiger partial charge in [0.1, 0.15) is 5.75 Å². The van der Waals surface area contributed by atoms with Crippen molar-refractivity contribution in [1.29, 1.82) is 0 Å². The summed E-state index contributed by atoms with van der Waals surface area (Å²) in [6.07, 6.45) is 1.59. The zero-order chi connectivity index (χ0) is 14.0. The van der Waals surface area contributed by atoms with Gasteiger partial charge in [-0.3, -0.25) is 0 Å². The molecule has 0 saturated carbocycles. The van der Waals surface area contributed by atoms with Gasteiger partial charge in [0.25, 0.3) is 0 Å². The molecule has 0 aliphatic heterocycles. The summed E-state index contributed by atoms with van der Waals surface area (Å²) in [5.41, 5.74) is 0. The third kappa shape index (κ3) is 3.51. The Morgan fingerprint density at radius 3 is 2.58 bits per heavy atom. The van der Waals surface area contributed by atoms with E-state index in [0.29, 0.717) is 36.6 Å². The Bertz CT molecular complexity index is 625. The first-order chi connectivity index (χ1) is 9.01. The molecule has 0 aliphatic carbocycles. The van der Waals surface area contributed by atoms with Gasteiger partial charge in [-0.25, -0.2) is 4.98 Å². The monoisotopic (exact) mass is 425 g/mol. The molecule has 4 nitrogen and oxygen atoms in total. The fourth-order valence-electron chi connectivity index (χ4n) is 1.23. The van der Waals surface area contributed by atoms with Crippen LogP contribution >= 0.6 is 55.1 Å². The Balaban J connectivity index is 2.38. The van der Waals surface area contributed by atoms with Gasteiger partial charge in [-0.05, 0) is 37.9 Å². The Morgan fingerprint density at radius 1 is 1.16 bits per heavy atom. The maximum Gasteiger partial charge on any atom is 0.238 e. The molecule has 0 saturated heterocycles. The van der Waals surface area contributed by atoms with Gasteiger partial charge in [0.2, 0.25) is 11.8 Å². The van der Waals surface area contributed by atoms with E-state index in [0.717, 1.165) is 0 Å². The molecule has 0 radical (unpaired) electrons. The van der Waals surface area contributed by atoms with Crippen LogP contribution in [-0.4, -0.2) is 17.0 Å². The number of benzene rings is 1. The van der Waals surface area contributed by atoms with E-state index in [4.69, 9.17) is 27.9 Å². The Kier molecular flexibility index (Phi) is 4.89. The van der Waals surface area contributed by atoms with Crippen LogP contribution in [0, 0.1) is 0 Å². The number of rotatable bonds is 3. The maximum absolute atomic E-state index is 6.09. The fourth-order valence-corrected chi connectivity index (χ4v) is 2.33. The number of anilines is 1. The van der Waals surface area contributed by atoms with Crippen molar-refractivity contribution in [2.45, 2.75) is 0 Å². The normalized spacial score (nSPS) is 10.4. The van der Waals surface area contributed by atoms with Crippen molar-refractivity contribution >= 4 is 61.0 Å². The lowest BCUT2D eigenvalue weighted by atomic mass is 10.3. The van der Waals surface area contributed by atoms with Crippen molar-refractivity contribution in [2.24, 2.45) is 0 Å². The first-order valence-corrected chi connectivity index (χ1v) is 7.38. The smallest absolute Gasteiger partial charge is 0.238 e. The van der Waals surface area contributed by atoms with Gasteiger partial charge in [-0.1, -0.05) is 23.2 Å². The average molecular weight is 428 g/mol. The Morgan fingerprint density at radius 2 is 1.89 bits per heavy atom. The zero-order valence-electron chi connectivity index (χ0n) is 9.55. The minimum Gasteiger partial charge on any atom is -0.436 e. The third-order valence-corrected chi connectivity index (χ3v) is 4.15. The van der Waals surface area contributed by atoms with Crippen molar-refractivity contribution in [3.8, 4) is 11.6 Å². The van der Waals surface area contributed by atoms with Crippen molar-refractivity contribution in [2.75, 3.05) is 12.4 Å². The minimum absolute atomic E-state index is 0.347. The van der Waals surface area contributed by atoms with E-state index >= 15 is 0 Å². The molecule has 1 aromatic carbocycles. The summed E-state index contributed by atoms with van der Waals surface area (Å²) in [6, 6.07) is 3.27. The van der Waals surface area contributed by atoms with Crippen LogP contribution in [0.2, 0.25) is 10.0 Å². The second kappa shape index (κ2) is 6.26. The summed E-state index contributed by atoms with van der Waals surface area (Å²) in [6.45, 7) is 0. The molecule has 0 fully saturated rings. The minimum atomic E-state index is 0.347. The van der Waals surface area contributed by atoms with E-state index < -0.39 is 0 Å². The number of nitrogens with zero attached hydrogens (tertiary/aromatic N) is 2. The summed E-state index contributed by atoms with van der Waals surface area (Å²) in [4.78, 5) is 8.21. The zero-order valence-corrected chi connectivity index (χ0v) is 14.2. The molecule has 1 heterocycles. The van der Waals surface area contributed by atoms with E-state index in [9.17, 15) is 0 Å². The Hall–Kier alpha value is -0.560. The van der Waals surface area contributed by atoms with Crippen LogP contribution in [-0.2, 0) is 0 Å². The first kappa shape index (κ1) is 14.8. The molecule has 0 atom stereocenters. The molecule has 0 unspecified atom stereocenters. The first-order valence-electron chi connectivity index (χ1n) is 5.04. The molecule has 0 spiro atoms. The molecule has 0 aliphatic rings. The number of hydrogen-bond donors (Lipinski definition) is 1. The number of aromatic nitrogens is 2. The lowest BCUT2D eigenvalue weighted by Gasteiger charge is -2.10. The van der Waals surface area contributed by atoms with Crippen LogP contribution in [0.15, 0.2) is 27.3 Å². The summed E-state index contributed by atoms with van der Waals surface area (Å²) >= 11 is 18.7. The standard InChI is InChI=1S/C11H7Br2Cl2N3O/c1-16-11-17-4-6(13)10(18-11)19-9-3-7(14)5(12)2-8(9)15/h2-4H,1H3,(H,16,17,18). The summed E-state index contributed by atoms with van der Waals surface area (Å²) in [5, 5.41) is 3.75. The molecular formula is C11H7Br2Cl2N3O. The summed E-state index contributed by atoms with van der Waals surface area (Å²) < 4.78 is 6.95. The van der Waals surface area contributed by atoms with Crippen LogP contribution in [0.3, 0.4) is 0 Å². The second-order valence-electron chi connectivity index (χ2n) is 3.40.